The molecule has 0 aliphatic heterocycles. The van der Waals surface area contributed by atoms with Gasteiger partial charge in [0.1, 0.15) is 4.21 Å². The Balaban J connectivity index is 2.14. The zero-order valence-corrected chi connectivity index (χ0v) is 12.4. The van der Waals surface area contributed by atoms with E-state index < -0.39 is 10.0 Å². The number of nitrogens with one attached hydrogen (secondary N) is 1. The van der Waals surface area contributed by atoms with Gasteiger partial charge < -0.3 is 5.73 Å². The van der Waals surface area contributed by atoms with Gasteiger partial charge in [0, 0.05) is 10.4 Å². The lowest BCUT2D eigenvalue weighted by atomic mass is 10.0. The van der Waals surface area contributed by atoms with Crippen molar-refractivity contribution in [3.8, 4) is 0 Å². The third kappa shape index (κ3) is 3.12. The number of hydrogen-bond donors (Lipinski definition) is 2. The van der Waals surface area contributed by atoms with Crippen molar-refractivity contribution in [3.05, 3.63) is 17.0 Å². The van der Waals surface area contributed by atoms with Crippen molar-refractivity contribution in [2.75, 3.05) is 6.54 Å². The summed E-state index contributed by atoms with van der Waals surface area (Å²) >= 11 is 1.31. The predicted molar refractivity (Wildman–Crippen MR) is 74.2 cm³/mol. The van der Waals surface area contributed by atoms with Gasteiger partial charge in [-0.15, -0.1) is 11.3 Å². The first-order valence-corrected chi connectivity index (χ1v) is 8.48. The normalized spacial score (nSPS) is 17.1. The van der Waals surface area contributed by atoms with Gasteiger partial charge in [0.2, 0.25) is 0 Å². The predicted octanol–water partition coefficient (Wildman–Crippen LogP) is 1.72. The SMILES string of the molecule is CC(C)(NS(=O)(=O)c1ccc(CCN)s1)C1CC1. The summed E-state index contributed by atoms with van der Waals surface area (Å²) in [5.41, 5.74) is 5.12. The van der Waals surface area contributed by atoms with E-state index in [4.69, 9.17) is 5.73 Å². The molecular weight excluding hydrogens is 268 g/mol. The maximum atomic E-state index is 12.3. The zero-order chi connectivity index (χ0) is 13.4. The molecule has 0 atom stereocenters. The summed E-state index contributed by atoms with van der Waals surface area (Å²) in [6, 6.07) is 3.51. The van der Waals surface area contributed by atoms with Gasteiger partial charge in [-0.05, 0) is 57.7 Å². The first kappa shape index (κ1) is 14.0. The van der Waals surface area contributed by atoms with Crippen molar-refractivity contribution in [1.29, 1.82) is 0 Å². The molecule has 0 spiro atoms. The molecule has 0 unspecified atom stereocenters. The van der Waals surface area contributed by atoms with Crippen LogP contribution in [0.1, 0.15) is 31.6 Å². The van der Waals surface area contributed by atoms with Gasteiger partial charge in [0.25, 0.3) is 10.0 Å². The van der Waals surface area contributed by atoms with Gasteiger partial charge in [-0.2, -0.15) is 0 Å². The molecule has 0 bridgehead atoms. The summed E-state index contributed by atoms with van der Waals surface area (Å²) in [7, 11) is -3.39. The first-order chi connectivity index (χ1) is 8.35. The monoisotopic (exact) mass is 288 g/mol. The van der Waals surface area contributed by atoms with E-state index in [1.165, 1.54) is 11.3 Å². The summed E-state index contributed by atoms with van der Waals surface area (Å²) in [5.74, 6) is 0.468. The van der Waals surface area contributed by atoms with E-state index in [2.05, 4.69) is 4.72 Å². The van der Waals surface area contributed by atoms with Gasteiger partial charge in [-0.1, -0.05) is 0 Å². The molecule has 0 amide bonds. The van der Waals surface area contributed by atoms with Crippen LogP contribution in [-0.2, 0) is 16.4 Å². The minimum Gasteiger partial charge on any atom is -0.330 e. The van der Waals surface area contributed by atoms with Crippen LogP contribution in [0.4, 0.5) is 0 Å². The molecule has 1 fully saturated rings. The van der Waals surface area contributed by atoms with E-state index in [9.17, 15) is 8.42 Å². The highest BCUT2D eigenvalue weighted by molar-refractivity contribution is 7.91. The zero-order valence-electron chi connectivity index (χ0n) is 10.8. The van der Waals surface area contributed by atoms with Gasteiger partial charge in [0.15, 0.2) is 0 Å². The van der Waals surface area contributed by atoms with E-state index in [-0.39, 0.29) is 5.54 Å². The standard InChI is InChI=1S/C12H20N2O2S2/c1-12(2,9-3-4-9)14-18(15,16)11-6-5-10(17-11)7-8-13/h5-6,9,14H,3-4,7-8,13H2,1-2H3. The third-order valence-corrected chi connectivity index (χ3v) is 6.60. The molecule has 0 radical (unpaired) electrons. The molecule has 1 aromatic heterocycles. The van der Waals surface area contributed by atoms with Crippen LogP contribution in [0.25, 0.3) is 0 Å². The van der Waals surface area contributed by atoms with Crippen LogP contribution in [0.3, 0.4) is 0 Å². The Kier molecular flexibility index (Phi) is 3.82. The minimum absolute atomic E-state index is 0.350. The fourth-order valence-electron chi connectivity index (χ4n) is 2.06. The highest BCUT2D eigenvalue weighted by Gasteiger charge is 2.40. The van der Waals surface area contributed by atoms with Crippen LogP contribution in [-0.4, -0.2) is 20.5 Å². The van der Waals surface area contributed by atoms with Crippen LogP contribution < -0.4 is 10.5 Å². The maximum Gasteiger partial charge on any atom is 0.250 e. The average molecular weight is 288 g/mol. The van der Waals surface area contributed by atoms with Crippen LogP contribution in [0.15, 0.2) is 16.3 Å². The van der Waals surface area contributed by atoms with Gasteiger partial charge >= 0.3 is 0 Å². The van der Waals surface area contributed by atoms with E-state index in [0.717, 1.165) is 24.1 Å². The molecule has 6 heteroatoms. The summed E-state index contributed by atoms with van der Waals surface area (Å²) in [4.78, 5) is 1.02. The van der Waals surface area contributed by atoms with Crippen molar-refractivity contribution < 1.29 is 8.42 Å². The van der Waals surface area contributed by atoms with Crippen molar-refractivity contribution in [3.63, 3.8) is 0 Å². The molecule has 1 aliphatic rings. The maximum absolute atomic E-state index is 12.3. The van der Waals surface area contributed by atoms with Crippen molar-refractivity contribution >= 4 is 21.4 Å². The number of hydrogen-bond acceptors (Lipinski definition) is 4. The van der Waals surface area contributed by atoms with Crippen molar-refractivity contribution in [1.82, 2.24) is 4.72 Å². The molecule has 0 aromatic carbocycles. The van der Waals surface area contributed by atoms with Gasteiger partial charge in [-0.3, -0.25) is 0 Å². The lowest BCUT2D eigenvalue weighted by molar-refractivity contribution is 0.401. The molecule has 0 saturated heterocycles. The second-order valence-corrected chi connectivity index (χ2v) is 8.44. The largest absolute Gasteiger partial charge is 0.330 e. The van der Waals surface area contributed by atoms with Crippen molar-refractivity contribution in [2.45, 2.75) is 42.9 Å². The number of nitrogens with two attached hydrogens (primary N) is 1. The van der Waals surface area contributed by atoms with E-state index in [1.807, 2.05) is 19.9 Å². The van der Waals surface area contributed by atoms with E-state index in [1.54, 1.807) is 6.07 Å². The number of thiophene rings is 1. The molecule has 2 rings (SSSR count). The first-order valence-electron chi connectivity index (χ1n) is 6.18. The van der Waals surface area contributed by atoms with Crippen LogP contribution in [0.5, 0.6) is 0 Å². The fourth-order valence-corrected chi connectivity index (χ4v) is 4.91. The van der Waals surface area contributed by atoms with Crippen LogP contribution in [0.2, 0.25) is 0 Å². The lowest BCUT2D eigenvalue weighted by Gasteiger charge is -2.25. The Bertz CT molecular complexity index is 516. The summed E-state index contributed by atoms with van der Waals surface area (Å²) in [6.45, 7) is 4.45. The highest BCUT2D eigenvalue weighted by atomic mass is 32.2. The van der Waals surface area contributed by atoms with E-state index in [0.29, 0.717) is 16.7 Å². The van der Waals surface area contributed by atoms with Gasteiger partial charge in [0.05, 0.1) is 0 Å². The number of sulfonamides is 1. The van der Waals surface area contributed by atoms with Crippen LogP contribution >= 0.6 is 11.3 Å². The van der Waals surface area contributed by atoms with Crippen LogP contribution in [0, 0.1) is 5.92 Å². The Morgan fingerprint density at radius 3 is 2.67 bits per heavy atom. The lowest BCUT2D eigenvalue weighted by Crippen LogP contribution is -2.44. The highest BCUT2D eigenvalue weighted by Crippen LogP contribution is 2.40. The third-order valence-electron chi connectivity index (χ3n) is 3.29. The Hall–Kier alpha value is -0.430. The summed E-state index contributed by atoms with van der Waals surface area (Å²) in [5, 5.41) is 0. The Labute approximate surface area is 113 Å². The van der Waals surface area contributed by atoms with Crippen molar-refractivity contribution in [2.24, 2.45) is 11.7 Å². The fraction of sp³-hybridized carbons (Fsp3) is 0.667. The summed E-state index contributed by atoms with van der Waals surface area (Å²) in [6.07, 6.45) is 2.95. The molecule has 18 heavy (non-hydrogen) atoms. The molecule has 1 saturated carbocycles. The quantitative estimate of drug-likeness (QED) is 0.837. The molecule has 4 nitrogen and oxygen atoms in total. The average Bonchev–Trinajstić information content (AvgIpc) is 2.99. The van der Waals surface area contributed by atoms with E-state index >= 15 is 0 Å². The second-order valence-electron chi connectivity index (χ2n) is 5.36. The Morgan fingerprint density at radius 1 is 1.44 bits per heavy atom. The molecule has 102 valence electrons. The molecule has 1 aliphatic carbocycles. The molecule has 3 N–H and O–H groups in total. The molecule has 1 heterocycles. The summed E-state index contributed by atoms with van der Waals surface area (Å²) < 4.78 is 27.7. The molecule has 1 aromatic rings. The second kappa shape index (κ2) is 4.92. The number of rotatable bonds is 6. The Morgan fingerprint density at radius 2 is 2.11 bits per heavy atom. The topological polar surface area (TPSA) is 72.2 Å². The molecular formula is C12H20N2O2S2. The smallest absolute Gasteiger partial charge is 0.250 e. The van der Waals surface area contributed by atoms with Gasteiger partial charge in [-0.25, -0.2) is 13.1 Å². The minimum atomic E-state index is -3.39.